The molecule has 0 aliphatic heterocycles. The van der Waals surface area contributed by atoms with Crippen molar-refractivity contribution in [1.29, 1.82) is 5.26 Å². The second-order valence-electron chi connectivity index (χ2n) is 6.64. The van der Waals surface area contributed by atoms with Crippen LogP contribution < -0.4 is 4.90 Å². The van der Waals surface area contributed by atoms with Gasteiger partial charge in [0, 0.05) is 31.0 Å². The van der Waals surface area contributed by atoms with Gasteiger partial charge in [-0.1, -0.05) is 18.2 Å². The Bertz CT molecular complexity index is 994. The molecule has 1 aromatic carbocycles. The maximum absolute atomic E-state index is 9.47. The van der Waals surface area contributed by atoms with Crippen LogP contribution in [0.5, 0.6) is 0 Å². The van der Waals surface area contributed by atoms with Crippen LogP contribution in [0.4, 0.5) is 5.82 Å². The third-order valence-corrected chi connectivity index (χ3v) is 4.79. The number of rotatable bonds is 4. The first-order valence-electron chi connectivity index (χ1n) is 8.62. The Hall–Kier alpha value is -3.13. The van der Waals surface area contributed by atoms with Gasteiger partial charge in [0.25, 0.3) is 0 Å². The van der Waals surface area contributed by atoms with Gasteiger partial charge in [0.2, 0.25) is 0 Å². The lowest BCUT2D eigenvalue weighted by Gasteiger charge is -2.20. The molecule has 0 aliphatic rings. The predicted octanol–water partition coefficient (Wildman–Crippen LogP) is 4.01. The van der Waals surface area contributed by atoms with Gasteiger partial charge in [-0.25, -0.2) is 9.67 Å². The van der Waals surface area contributed by atoms with E-state index in [-0.39, 0.29) is 0 Å². The fourth-order valence-electron chi connectivity index (χ4n) is 3.22. The number of nitriles is 1. The molecule has 0 amide bonds. The Balaban J connectivity index is 1.99. The monoisotopic (exact) mass is 345 g/mol. The zero-order chi connectivity index (χ0) is 18.8. The van der Waals surface area contributed by atoms with Crippen LogP contribution >= 0.6 is 0 Å². The topological polar surface area (TPSA) is 57.7 Å². The van der Waals surface area contributed by atoms with Crippen LogP contribution in [0, 0.1) is 39.0 Å². The van der Waals surface area contributed by atoms with Gasteiger partial charge in [0.1, 0.15) is 11.9 Å². The number of para-hydroxylation sites is 1. The Morgan fingerprint density at radius 2 is 1.81 bits per heavy atom. The molecule has 0 bridgehead atoms. The molecule has 5 nitrogen and oxygen atoms in total. The van der Waals surface area contributed by atoms with Crippen molar-refractivity contribution in [2.75, 3.05) is 11.9 Å². The number of hydrogen-bond donors (Lipinski definition) is 0. The van der Waals surface area contributed by atoms with E-state index in [9.17, 15) is 5.26 Å². The average molecular weight is 345 g/mol. The normalized spacial score (nSPS) is 10.6. The van der Waals surface area contributed by atoms with Crippen LogP contribution in [-0.2, 0) is 6.54 Å². The zero-order valence-electron chi connectivity index (χ0n) is 15.9. The van der Waals surface area contributed by atoms with Crippen molar-refractivity contribution in [2.24, 2.45) is 0 Å². The summed E-state index contributed by atoms with van der Waals surface area (Å²) in [5, 5.41) is 14.2. The molecule has 0 saturated heterocycles. The van der Waals surface area contributed by atoms with E-state index in [0.717, 1.165) is 28.2 Å². The zero-order valence-corrected chi connectivity index (χ0v) is 15.9. The van der Waals surface area contributed by atoms with E-state index in [1.54, 1.807) is 6.20 Å². The number of anilines is 1. The van der Waals surface area contributed by atoms with Crippen LogP contribution in [0.25, 0.3) is 5.69 Å². The smallest absolute Gasteiger partial charge is 0.146 e. The number of benzene rings is 1. The second-order valence-corrected chi connectivity index (χ2v) is 6.64. The SMILES string of the molecule is Cc1ccccc1-n1nc(C)c(CN(C)c2nccc(C)c2C#N)c1C. The second kappa shape index (κ2) is 7.01. The molecule has 0 unspecified atom stereocenters. The van der Waals surface area contributed by atoms with Crippen molar-refractivity contribution in [1.82, 2.24) is 14.8 Å². The summed E-state index contributed by atoms with van der Waals surface area (Å²) in [5.41, 5.74) is 7.09. The minimum absolute atomic E-state index is 0.622. The average Bonchev–Trinajstić information content (AvgIpc) is 2.90. The summed E-state index contributed by atoms with van der Waals surface area (Å²) < 4.78 is 2.00. The fourth-order valence-corrected chi connectivity index (χ4v) is 3.22. The lowest BCUT2D eigenvalue weighted by atomic mass is 10.1. The Morgan fingerprint density at radius 1 is 1.08 bits per heavy atom. The van der Waals surface area contributed by atoms with Crippen LogP contribution in [-0.4, -0.2) is 21.8 Å². The van der Waals surface area contributed by atoms with Gasteiger partial charge in [-0.3, -0.25) is 0 Å². The molecule has 2 aromatic heterocycles. The summed E-state index contributed by atoms with van der Waals surface area (Å²) in [7, 11) is 1.96. The van der Waals surface area contributed by atoms with Crippen molar-refractivity contribution in [3.8, 4) is 11.8 Å². The summed E-state index contributed by atoms with van der Waals surface area (Å²) in [5.74, 6) is 0.704. The highest BCUT2D eigenvalue weighted by molar-refractivity contribution is 5.57. The first-order valence-corrected chi connectivity index (χ1v) is 8.62. The molecule has 3 aromatic rings. The summed E-state index contributed by atoms with van der Waals surface area (Å²) >= 11 is 0. The van der Waals surface area contributed by atoms with Gasteiger partial charge in [0.15, 0.2) is 0 Å². The standard InChI is InChI=1S/C21H23N5/c1-14-10-11-23-21(18(14)12-22)25(5)13-19-16(3)24-26(17(19)4)20-9-7-6-8-15(20)2/h6-11H,13H2,1-5H3. The van der Waals surface area contributed by atoms with Crippen molar-refractivity contribution in [3.63, 3.8) is 0 Å². The van der Waals surface area contributed by atoms with Gasteiger partial charge in [-0.15, -0.1) is 0 Å². The van der Waals surface area contributed by atoms with Crippen molar-refractivity contribution < 1.29 is 0 Å². The van der Waals surface area contributed by atoms with E-state index in [4.69, 9.17) is 5.10 Å². The minimum Gasteiger partial charge on any atom is -0.354 e. The molecule has 0 aliphatic carbocycles. The van der Waals surface area contributed by atoms with Gasteiger partial charge in [-0.2, -0.15) is 10.4 Å². The fraction of sp³-hybridized carbons (Fsp3) is 0.286. The van der Waals surface area contributed by atoms with Gasteiger partial charge in [0.05, 0.1) is 16.9 Å². The Kier molecular flexibility index (Phi) is 4.77. The van der Waals surface area contributed by atoms with Crippen LogP contribution in [0.3, 0.4) is 0 Å². The first-order chi connectivity index (χ1) is 12.4. The highest BCUT2D eigenvalue weighted by Gasteiger charge is 2.18. The lowest BCUT2D eigenvalue weighted by Crippen LogP contribution is -2.20. The number of hydrogen-bond acceptors (Lipinski definition) is 4. The molecule has 0 N–H and O–H groups in total. The van der Waals surface area contributed by atoms with E-state index in [0.29, 0.717) is 17.9 Å². The van der Waals surface area contributed by atoms with Crippen molar-refractivity contribution in [3.05, 3.63) is 70.2 Å². The molecule has 0 fully saturated rings. The van der Waals surface area contributed by atoms with Crippen LogP contribution in [0.2, 0.25) is 0 Å². The molecule has 132 valence electrons. The molecule has 0 saturated carbocycles. The summed E-state index contributed by atoms with van der Waals surface area (Å²) in [4.78, 5) is 6.44. The van der Waals surface area contributed by atoms with Crippen LogP contribution in [0.1, 0.15) is 33.6 Å². The van der Waals surface area contributed by atoms with Crippen molar-refractivity contribution >= 4 is 5.82 Å². The van der Waals surface area contributed by atoms with Gasteiger partial charge in [-0.05, 0) is 51.0 Å². The Labute approximate surface area is 154 Å². The molecule has 0 spiro atoms. The molecule has 0 atom stereocenters. The molecule has 26 heavy (non-hydrogen) atoms. The minimum atomic E-state index is 0.622. The quantitative estimate of drug-likeness (QED) is 0.717. The maximum atomic E-state index is 9.47. The first kappa shape index (κ1) is 17.7. The summed E-state index contributed by atoms with van der Waals surface area (Å²) in [6.45, 7) is 8.79. The van der Waals surface area contributed by atoms with Gasteiger partial charge >= 0.3 is 0 Å². The Morgan fingerprint density at radius 3 is 2.50 bits per heavy atom. The highest BCUT2D eigenvalue weighted by atomic mass is 15.3. The van der Waals surface area contributed by atoms with E-state index in [1.165, 1.54) is 5.56 Å². The van der Waals surface area contributed by atoms with E-state index >= 15 is 0 Å². The van der Waals surface area contributed by atoms with Gasteiger partial charge < -0.3 is 4.90 Å². The largest absolute Gasteiger partial charge is 0.354 e. The molecule has 5 heteroatoms. The molecule has 2 heterocycles. The third kappa shape index (κ3) is 3.06. The van der Waals surface area contributed by atoms with Crippen molar-refractivity contribution in [2.45, 2.75) is 34.2 Å². The number of pyridine rings is 1. The third-order valence-electron chi connectivity index (χ3n) is 4.79. The summed E-state index contributed by atoms with van der Waals surface area (Å²) in [6.07, 6.45) is 1.75. The van der Waals surface area contributed by atoms with Crippen LogP contribution in [0.15, 0.2) is 36.5 Å². The molecule has 3 rings (SSSR count). The lowest BCUT2D eigenvalue weighted by molar-refractivity contribution is 0.824. The van der Waals surface area contributed by atoms with E-state index in [2.05, 4.69) is 37.0 Å². The molecule has 0 radical (unpaired) electrons. The maximum Gasteiger partial charge on any atom is 0.146 e. The number of aryl methyl sites for hydroxylation is 3. The summed E-state index contributed by atoms with van der Waals surface area (Å²) in [6, 6.07) is 12.4. The molecular weight excluding hydrogens is 322 g/mol. The number of aromatic nitrogens is 3. The number of nitrogens with zero attached hydrogens (tertiary/aromatic N) is 5. The predicted molar refractivity (Wildman–Crippen MR) is 104 cm³/mol. The molecular formula is C21H23N5. The highest BCUT2D eigenvalue weighted by Crippen LogP contribution is 2.25. The van der Waals surface area contributed by atoms with E-state index in [1.807, 2.05) is 48.7 Å². The van der Waals surface area contributed by atoms with E-state index < -0.39 is 0 Å².